The van der Waals surface area contributed by atoms with E-state index in [1.165, 1.54) is 0 Å². The van der Waals surface area contributed by atoms with Crippen molar-refractivity contribution in [3.05, 3.63) is 12.2 Å². The van der Waals surface area contributed by atoms with Gasteiger partial charge in [0, 0.05) is 37.4 Å². The highest BCUT2D eigenvalue weighted by molar-refractivity contribution is 5.82. The molecule has 1 heterocycles. The van der Waals surface area contributed by atoms with E-state index in [0.29, 0.717) is 5.91 Å². The molecule has 20 heavy (non-hydrogen) atoms. The summed E-state index contributed by atoms with van der Waals surface area (Å²) in [6.45, 7) is 1.63. The fourth-order valence-electron chi connectivity index (χ4n) is 4.37. The van der Waals surface area contributed by atoms with Gasteiger partial charge in [0.25, 0.3) is 0 Å². The fourth-order valence-corrected chi connectivity index (χ4v) is 4.37. The van der Waals surface area contributed by atoms with Crippen LogP contribution < -0.4 is 5.32 Å². The summed E-state index contributed by atoms with van der Waals surface area (Å²) in [5.74, 6) is 0.728. The molecule has 0 unspecified atom stereocenters. The lowest BCUT2D eigenvalue weighted by atomic mass is 9.76. The number of carbonyl (C=O) groups excluding carboxylic acids is 2. The van der Waals surface area contributed by atoms with Crippen LogP contribution in [-0.2, 0) is 9.59 Å². The number of allylic oxidation sites excluding steroid dienone is 2. The molecule has 4 heteroatoms. The Morgan fingerprint density at radius 2 is 2.00 bits per heavy atom. The molecule has 2 fully saturated rings. The summed E-state index contributed by atoms with van der Waals surface area (Å²) in [5, 5.41) is 2.80. The van der Waals surface area contributed by atoms with Gasteiger partial charge in [-0.15, -0.1) is 0 Å². The Kier molecular flexibility index (Phi) is 3.57. The highest BCUT2D eigenvalue weighted by Gasteiger charge is 2.51. The van der Waals surface area contributed by atoms with Gasteiger partial charge in [0.1, 0.15) is 0 Å². The monoisotopic (exact) mass is 276 g/mol. The van der Waals surface area contributed by atoms with Crippen LogP contribution in [0.4, 0.5) is 0 Å². The maximum absolute atomic E-state index is 12.5. The first-order valence-electron chi connectivity index (χ1n) is 7.82. The maximum Gasteiger partial charge on any atom is 0.226 e. The van der Waals surface area contributed by atoms with Gasteiger partial charge in [-0.2, -0.15) is 0 Å². The van der Waals surface area contributed by atoms with E-state index in [-0.39, 0.29) is 23.2 Å². The molecule has 2 atom stereocenters. The molecule has 0 aromatic carbocycles. The van der Waals surface area contributed by atoms with Crippen LogP contribution in [0.2, 0.25) is 0 Å². The van der Waals surface area contributed by atoms with E-state index in [0.717, 1.165) is 51.6 Å². The van der Waals surface area contributed by atoms with Gasteiger partial charge in [-0.3, -0.25) is 9.59 Å². The summed E-state index contributed by atoms with van der Waals surface area (Å²) < 4.78 is 0. The third kappa shape index (κ3) is 2.15. The van der Waals surface area contributed by atoms with Gasteiger partial charge in [-0.1, -0.05) is 18.6 Å². The van der Waals surface area contributed by atoms with Crippen LogP contribution >= 0.6 is 0 Å². The molecule has 4 nitrogen and oxygen atoms in total. The van der Waals surface area contributed by atoms with E-state index >= 15 is 0 Å². The molecule has 110 valence electrons. The second-order valence-electron chi connectivity index (χ2n) is 6.57. The molecule has 0 radical (unpaired) electrons. The van der Waals surface area contributed by atoms with Crippen molar-refractivity contribution in [3.8, 4) is 0 Å². The van der Waals surface area contributed by atoms with Crippen molar-refractivity contribution >= 4 is 11.8 Å². The van der Waals surface area contributed by atoms with E-state index in [1.807, 2.05) is 4.90 Å². The lowest BCUT2D eigenvalue weighted by Gasteiger charge is -2.30. The van der Waals surface area contributed by atoms with Crippen molar-refractivity contribution in [3.63, 3.8) is 0 Å². The topological polar surface area (TPSA) is 49.4 Å². The number of nitrogens with zero attached hydrogens (tertiary/aromatic N) is 1. The molecule has 3 aliphatic rings. The van der Waals surface area contributed by atoms with Gasteiger partial charge in [-0.05, 0) is 32.1 Å². The molecule has 2 aliphatic carbocycles. The van der Waals surface area contributed by atoms with Crippen molar-refractivity contribution in [1.82, 2.24) is 10.2 Å². The Bertz CT molecular complexity index is 438. The quantitative estimate of drug-likeness (QED) is 0.781. The van der Waals surface area contributed by atoms with E-state index in [1.54, 1.807) is 7.05 Å². The summed E-state index contributed by atoms with van der Waals surface area (Å²) in [7, 11) is 1.72. The molecule has 0 aromatic heterocycles. The number of hydrogen-bond donors (Lipinski definition) is 1. The van der Waals surface area contributed by atoms with Gasteiger partial charge in [0.2, 0.25) is 11.8 Å². The van der Waals surface area contributed by atoms with Crippen LogP contribution in [0, 0.1) is 17.3 Å². The maximum atomic E-state index is 12.5. The number of likely N-dealkylation sites (tertiary alicyclic amines) is 1. The molecule has 0 aromatic rings. The Balaban J connectivity index is 1.69. The number of nitrogens with one attached hydrogen (secondary N) is 1. The van der Waals surface area contributed by atoms with Crippen LogP contribution in [0.1, 0.15) is 38.5 Å². The molecular weight excluding hydrogens is 252 g/mol. The van der Waals surface area contributed by atoms with E-state index in [4.69, 9.17) is 0 Å². The number of hydrogen-bond acceptors (Lipinski definition) is 2. The molecule has 0 bridgehead atoms. The van der Waals surface area contributed by atoms with Crippen molar-refractivity contribution in [2.24, 2.45) is 17.3 Å². The van der Waals surface area contributed by atoms with E-state index in [2.05, 4.69) is 17.5 Å². The van der Waals surface area contributed by atoms with Crippen LogP contribution in [0.5, 0.6) is 0 Å². The molecular formula is C16H24N2O2. The number of carbonyl (C=O) groups is 2. The molecule has 1 spiro atoms. The first kappa shape index (κ1) is 13.7. The zero-order valence-electron chi connectivity index (χ0n) is 12.2. The largest absolute Gasteiger partial charge is 0.359 e. The smallest absolute Gasteiger partial charge is 0.226 e. The second-order valence-corrected chi connectivity index (χ2v) is 6.57. The molecule has 3 rings (SSSR count). The van der Waals surface area contributed by atoms with Crippen molar-refractivity contribution in [2.45, 2.75) is 38.5 Å². The SMILES string of the molecule is CNC(=O)[C@@H]1CCC[C@]12CCN(C(=O)C1CC=CC1)C2. The normalized spacial score (nSPS) is 33.2. The van der Waals surface area contributed by atoms with Crippen molar-refractivity contribution < 1.29 is 9.59 Å². The Labute approximate surface area is 120 Å². The summed E-state index contributed by atoms with van der Waals surface area (Å²) in [4.78, 5) is 26.6. The fraction of sp³-hybridized carbons (Fsp3) is 0.750. The van der Waals surface area contributed by atoms with Crippen LogP contribution in [0.15, 0.2) is 12.2 Å². The summed E-state index contributed by atoms with van der Waals surface area (Å²) in [6, 6.07) is 0. The lowest BCUT2D eigenvalue weighted by molar-refractivity contribution is -0.135. The summed E-state index contributed by atoms with van der Waals surface area (Å²) in [5.41, 5.74) is 0.0573. The second kappa shape index (κ2) is 5.23. The Morgan fingerprint density at radius 1 is 1.25 bits per heavy atom. The first-order valence-corrected chi connectivity index (χ1v) is 7.82. The van der Waals surface area contributed by atoms with Crippen LogP contribution in [-0.4, -0.2) is 36.9 Å². The van der Waals surface area contributed by atoms with Gasteiger partial charge in [0.15, 0.2) is 0 Å². The van der Waals surface area contributed by atoms with Gasteiger partial charge < -0.3 is 10.2 Å². The minimum absolute atomic E-state index is 0.0573. The average molecular weight is 276 g/mol. The highest BCUT2D eigenvalue weighted by atomic mass is 16.2. The van der Waals surface area contributed by atoms with Gasteiger partial charge in [-0.25, -0.2) is 0 Å². The summed E-state index contributed by atoms with van der Waals surface area (Å²) >= 11 is 0. The Morgan fingerprint density at radius 3 is 2.70 bits per heavy atom. The zero-order chi connectivity index (χ0) is 14.2. The highest BCUT2D eigenvalue weighted by Crippen LogP contribution is 2.50. The minimum Gasteiger partial charge on any atom is -0.359 e. The zero-order valence-corrected chi connectivity index (χ0v) is 12.2. The minimum atomic E-state index is 0.0573. The first-order chi connectivity index (χ1) is 9.66. The number of rotatable bonds is 2. The van der Waals surface area contributed by atoms with Crippen LogP contribution in [0.25, 0.3) is 0 Å². The van der Waals surface area contributed by atoms with Crippen LogP contribution in [0.3, 0.4) is 0 Å². The van der Waals surface area contributed by atoms with Gasteiger partial charge in [0.05, 0.1) is 0 Å². The van der Waals surface area contributed by atoms with Crippen molar-refractivity contribution in [2.75, 3.05) is 20.1 Å². The molecule has 1 saturated carbocycles. The average Bonchev–Trinajstić information content (AvgIpc) is 3.19. The molecule has 2 amide bonds. The standard InChI is InChI=1S/C16H24N2O2/c1-17-14(19)13-7-4-8-16(13)9-10-18(11-16)15(20)12-5-2-3-6-12/h2-3,12-13H,4-11H2,1H3,(H,17,19)/t13-,16+/m0/s1. The third-order valence-corrected chi connectivity index (χ3v) is 5.52. The molecule has 1 aliphatic heterocycles. The predicted molar refractivity (Wildman–Crippen MR) is 76.9 cm³/mol. The summed E-state index contributed by atoms with van der Waals surface area (Å²) in [6.07, 6.45) is 10.2. The number of amides is 2. The van der Waals surface area contributed by atoms with Gasteiger partial charge >= 0.3 is 0 Å². The lowest BCUT2D eigenvalue weighted by Crippen LogP contribution is -2.41. The van der Waals surface area contributed by atoms with E-state index < -0.39 is 0 Å². The predicted octanol–water partition coefficient (Wildman–Crippen LogP) is 1.72. The molecule has 1 saturated heterocycles. The Hall–Kier alpha value is -1.32. The third-order valence-electron chi connectivity index (χ3n) is 5.52. The van der Waals surface area contributed by atoms with E-state index in [9.17, 15) is 9.59 Å². The molecule has 1 N–H and O–H groups in total. The van der Waals surface area contributed by atoms with Crippen molar-refractivity contribution in [1.29, 1.82) is 0 Å².